The largest absolute Gasteiger partial charge is 0.481 e. The molecule has 0 atom stereocenters. The Bertz CT molecular complexity index is 2780. The van der Waals surface area contributed by atoms with E-state index in [-0.39, 0.29) is 42.3 Å². The molecule has 20 heteroatoms. The second-order valence-corrected chi connectivity index (χ2v) is 15.7. The molecular weight excluding hydrogens is 864 g/mol. The second-order valence-electron chi connectivity index (χ2n) is 15.7. The minimum Gasteiger partial charge on any atom is -0.481 e. The number of amides is 1. The van der Waals surface area contributed by atoms with Crippen LogP contribution in [0.25, 0.3) is 21.8 Å². The van der Waals surface area contributed by atoms with Crippen LogP contribution < -0.4 is 36.9 Å². The molecule has 10 rings (SSSR count). The van der Waals surface area contributed by atoms with Gasteiger partial charge in [-0.2, -0.15) is 0 Å². The van der Waals surface area contributed by atoms with Crippen LogP contribution in [0.4, 0.5) is 11.6 Å². The number of pyridine rings is 2. The minimum absolute atomic E-state index is 0. The topological polar surface area (TPSA) is 242 Å². The number of aliphatic imine (C=N–C) groups is 2. The summed E-state index contributed by atoms with van der Waals surface area (Å²) in [6.45, 7) is 10.4. The van der Waals surface area contributed by atoms with Crippen molar-refractivity contribution in [1.82, 2.24) is 50.8 Å². The number of halogens is 1. The van der Waals surface area contributed by atoms with Crippen LogP contribution in [0.15, 0.2) is 105 Å². The average molecular weight is 917 g/mol. The van der Waals surface area contributed by atoms with E-state index in [4.69, 9.17) is 5.11 Å². The summed E-state index contributed by atoms with van der Waals surface area (Å²) < 4.78 is 0. The number of fused-ring (bicyclic) bond motifs is 2. The summed E-state index contributed by atoms with van der Waals surface area (Å²) in [6, 6.07) is 22.4. The van der Waals surface area contributed by atoms with E-state index in [1.807, 2.05) is 47.6 Å². The molecule has 0 spiro atoms. The molecule has 8 heterocycles. The lowest BCUT2D eigenvalue weighted by molar-refractivity contribution is -0.137. The van der Waals surface area contributed by atoms with Crippen LogP contribution in [0.5, 0.6) is 0 Å². The number of carboxylic acids is 1. The van der Waals surface area contributed by atoms with Gasteiger partial charge in [-0.25, -0.2) is 19.9 Å². The van der Waals surface area contributed by atoms with E-state index in [0.29, 0.717) is 59.4 Å². The fourth-order valence-electron chi connectivity index (χ4n) is 7.80. The lowest BCUT2D eigenvalue weighted by atomic mass is 10.2. The lowest BCUT2D eigenvalue weighted by Crippen LogP contribution is -2.49. The van der Waals surface area contributed by atoms with Gasteiger partial charge < -0.3 is 45.7 Å². The van der Waals surface area contributed by atoms with Crippen molar-refractivity contribution in [3.63, 3.8) is 0 Å². The molecular formula is C46H53ClN14O5. The highest BCUT2D eigenvalue weighted by Gasteiger charge is 2.22. The Morgan fingerprint density at radius 3 is 1.53 bits per heavy atom. The Labute approximate surface area is 386 Å². The summed E-state index contributed by atoms with van der Waals surface area (Å²) in [5.74, 6) is 3.99. The van der Waals surface area contributed by atoms with E-state index in [2.05, 4.69) is 77.8 Å². The molecule has 344 valence electrons. The fourth-order valence-corrected chi connectivity index (χ4v) is 7.80. The monoisotopic (exact) mass is 916 g/mol. The number of nitrogens with one attached hydrogen (secondary N) is 5. The molecule has 0 saturated carbocycles. The number of piperazine rings is 2. The number of para-hydroxylation sites is 2. The van der Waals surface area contributed by atoms with Crippen molar-refractivity contribution < 1.29 is 14.7 Å². The van der Waals surface area contributed by atoms with Gasteiger partial charge >= 0.3 is 5.97 Å². The Morgan fingerprint density at radius 2 is 1.08 bits per heavy atom. The predicted octanol–water partition coefficient (Wildman–Crippen LogP) is 2.15. The average Bonchev–Trinajstić information content (AvgIpc) is 4.11. The zero-order chi connectivity index (χ0) is 45.0. The summed E-state index contributed by atoms with van der Waals surface area (Å²) in [5.41, 5.74) is 2.93. The van der Waals surface area contributed by atoms with Crippen molar-refractivity contribution in [1.29, 1.82) is 0 Å². The van der Waals surface area contributed by atoms with Crippen LogP contribution in [0.3, 0.4) is 0 Å². The molecule has 4 aliphatic heterocycles. The molecule has 19 nitrogen and oxygen atoms in total. The molecule has 6 N–H and O–H groups in total. The van der Waals surface area contributed by atoms with E-state index in [1.165, 1.54) is 0 Å². The maximum absolute atomic E-state index is 12.7. The zero-order valence-corrected chi connectivity index (χ0v) is 37.2. The van der Waals surface area contributed by atoms with Gasteiger partial charge in [0, 0.05) is 108 Å². The lowest BCUT2D eigenvalue weighted by Gasteiger charge is -2.35. The van der Waals surface area contributed by atoms with Gasteiger partial charge in [0.25, 0.3) is 11.1 Å². The highest BCUT2D eigenvalue weighted by Crippen LogP contribution is 2.17. The third kappa shape index (κ3) is 12.1. The Balaban J connectivity index is 0.000000161. The van der Waals surface area contributed by atoms with Crippen LogP contribution in [0, 0.1) is 0 Å². The number of amidine groups is 2. The number of nitrogens with zero attached hydrogens (tertiary/aromatic N) is 9. The van der Waals surface area contributed by atoms with Crippen molar-refractivity contribution in [2.75, 3.05) is 88.3 Å². The molecule has 0 bridgehead atoms. The fraction of sp³-hybridized carbons (Fsp3) is 0.348. The number of aliphatic carboxylic acids is 1. The number of rotatable bonds is 10. The molecule has 2 fully saturated rings. The third-order valence-electron chi connectivity index (χ3n) is 11.3. The standard InChI is InChI=1S/C23H25N7O2.C12H17N5.C11H10N2O3.ClH/c31-21(8-6-19-27-18-4-2-1-3-17(18)23(32)28-19)30-13-11-29(12-14-30)20-7-5-16(15-26-20)22-24-9-10-25-22;1-2-11(17-7-5-13-6-8-17)16-9-10(1)12-14-3-4-15-12;14-10(15)6-5-9-12-8-4-2-1-3-7(8)11(16)13-9;/h1-5,7,15H,6,8-14H2,(H,24,25)(H,27,28,32);1-2,9,13H,3-8H2,(H,14,15);1-4H,5-6H2,(H,14,15)(H,12,13,16);1H. The first-order valence-corrected chi connectivity index (χ1v) is 21.9. The number of aryl methyl sites for hydroxylation is 2. The van der Waals surface area contributed by atoms with Crippen molar-refractivity contribution >= 4 is 69.4 Å². The highest BCUT2D eigenvalue weighted by atomic mass is 35.5. The van der Waals surface area contributed by atoms with Crippen molar-refractivity contribution in [3.8, 4) is 0 Å². The summed E-state index contributed by atoms with van der Waals surface area (Å²) in [5, 5.41) is 19.5. The number of aromatic amines is 2. The molecule has 0 unspecified atom stereocenters. The number of anilines is 2. The van der Waals surface area contributed by atoms with Crippen LogP contribution in [0.2, 0.25) is 0 Å². The zero-order valence-electron chi connectivity index (χ0n) is 36.4. The SMILES string of the molecule is Cl.O=C(CCc1nc2ccccc2c(=O)[nH]1)N1CCN(c2ccc(C3=NCCN3)cn2)CC1.O=C(O)CCc1nc2ccccc2c(=O)[nH]1.c1cc(N2CCNCC2)ncc1C1=NCCN1. The van der Waals surface area contributed by atoms with Gasteiger partial charge in [0.1, 0.15) is 35.0 Å². The molecule has 6 aromatic rings. The maximum atomic E-state index is 12.7. The van der Waals surface area contributed by atoms with E-state index in [1.54, 1.807) is 30.3 Å². The first-order valence-electron chi connectivity index (χ1n) is 21.9. The minimum atomic E-state index is -0.907. The van der Waals surface area contributed by atoms with Crippen LogP contribution in [-0.2, 0) is 22.4 Å². The summed E-state index contributed by atoms with van der Waals surface area (Å²) in [6.07, 6.45) is 4.69. The van der Waals surface area contributed by atoms with Crippen molar-refractivity contribution in [2.45, 2.75) is 25.7 Å². The number of benzene rings is 2. The van der Waals surface area contributed by atoms with Gasteiger partial charge in [-0.3, -0.25) is 29.2 Å². The highest BCUT2D eigenvalue weighted by molar-refractivity contribution is 6.00. The molecule has 4 aromatic heterocycles. The molecule has 66 heavy (non-hydrogen) atoms. The smallest absolute Gasteiger partial charge is 0.303 e. The first kappa shape index (κ1) is 46.7. The number of aromatic nitrogens is 6. The van der Waals surface area contributed by atoms with Gasteiger partial charge in [-0.1, -0.05) is 24.3 Å². The van der Waals surface area contributed by atoms with E-state index in [9.17, 15) is 19.2 Å². The molecule has 0 aliphatic carbocycles. The van der Waals surface area contributed by atoms with E-state index >= 15 is 0 Å². The third-order valence-corrected chi connectivity index (χ3v) is 11.3. The Kier molecular flexibility index (Phi) is 16.0. The molecule has 0 radical (unpaired) electrons. The summed E-state index contributed by atoms with van der Waals surface area (Å²) in [7, 11) is 0. The van der Waals surface area contributed by atoms with Crippen molar-refractivity contribution in [3.05, 3.63) is 129 Å². The Morgan fingerprint density at radius 1 is 0.591 bits per heavy atom. The van der Waals surface area contributed by atoms with Crippen LogP contribution >= 0.6 is 12.4 Å². The normalized spacial score (nSPS) is 15.5. The van der Waals surface area contributed by atoms with Gasteiger partial charge in [0.05, 0.1) is 41.3 Å². The van der Waals surface area contributed by atoms with Gasteiger partial charge in [0.2, 0.25) is 5.91 Å². The van der Waals surface area contributed by atoms with Crippen LogP contribution in [0.1, 0.15) is 35.6 Å². The summed E-state index contributed by atoms with van der Waals surface area (Å²) in [4.78, 5) is 85.3. The number of H-pyrrole nitrogens is 2. The predicted molar refractivity (Wildman–Crippen MR) is 257 cm³/mol. The number of carbonyl (C=O) groups excluding carboxylic acids is 1. The molecule has 2 aromatic carbocycles. The van der Waals surface area contributed by atoms with Gasteiger partial charge in [-0.15, -0.1) is 12.4 Å². The molecule has 2 saturated heterocycles. The number of hydrogen-bond donors (Lipinski definition) is 6. The molecule has 4 aliphatic rings. The first-order chi connectivity index (χ1) is 31.8. The maximum Gasteiger partial charge on any atom is 0.303 e. The quantitative estimate of drug-likeness (QED) is 0.116. The second kappa shape index (κ2) is 22.6. The number of carboxylic acid groups (broad SMARTS) is 1. The molecule has 1 amide bonds. The Hall–Kier alpha value is -7.25. The van der Waals surface area contributed by atoms with E-state index in [0.717, 1.165) is 99.9 Å². The van der Waals surface area contributed by atoms with Crippen molar-refractivity contribution in [2.24, 2.45) is 9.98 Å². The van der Waals surface area contributed by atoms with Gasteiger partial charge in [0.15, 0.2) is 0 Å². The number of hydrogen-bond acceptors (Lipinski definition) is 15. The van der Waals surface area contributed by atoms with Crippen LogP contribution in [-0.4, -0.2) is 142 Å². The van der Waals surface area contributed by atoms with E-state index < -0.39 is 5.97 Å². The number of carbonyl (C=O) groups is 2. The van der Waals surface area contributed by atoms with Gasteiger partial charge in [-0.05, 0) is 48.5 Å². The summed E-state index contributed by atoms with van der Waals surface area (Å²) >= 11 is 0.